The Morgan fingerprint density at radius 1 is 1.33 bits per heavy atom. The normalized spacial score (nSPS) is 14.1. The minimum absolute atomic E-state index is 0.405. The lowest BCUT2D eigenvalue weighted by atomic mass is 10.1. The summed E-state index contributed by atoms with van der Waals surface area (Å²) in [6.07, 6.45) is 1.73. The van der Waals surface area contributed by atoms with Crippen molar-refractivity contribution in [2.24, 2.45) is 5.92 Å². The molecule has 1 heterocycles. The number of pyridine rings is 1. The summed E-state index contributed by atoms with van der Waals surface area (Å²) in [7, 11) is 3.26. The van der Waals surface area contributed by atoms with Crippen molar-refractivity contribution >= 4 is 15.9 Å². The van der Waals surface area contributed by atoms with E-state index in [1.807, 2.05) is 0 Å². The number of hydrogen-bond donors (Lipinski definition) is 1. The van der Waals surface area contributed by atoms with Crippen LogP contribution in [0.25, 0.3) is 0 Å². The van der Waals surface area contributed by atoms with Crippen LogP contribution in [0, 0.1) is 5.92 Å². The van der Waals surface area contributed by atoms with Crippen LogP contribution in [0.4, 0.5) is 0 Å². The highest BCUT2D eigenvalue weighted by Crippen LogP contribution is 2.28. The molecule has 0 amide bonds. The van der Waals surface area contributed by atoms with E-state index in [2.05, 4.69) is 40.1 Å². The van der Waals surface area contributed by atoms with E-state index in [4.69, 9.17) is 9.47 Å². The van der Waals surface area contributed by atoms with Crippen LogP contribution in [0.2, 0.25) is 0 Å². The predicted octanol–water partition coefficient (Wildman–Crippen LogP) is 2.61. The second-order valence-corrected chi connectivity index (χ2v) is 4.94. The van der Waals surface area contributed by atoms with E-state index in [-0.39, 0.29) is 0 Å². The molecule has 0 fully saturated rings. The van der Waals surface area contributed by atoms with Crippen molar-refractivity contribution in [1.29, 1.82) is 0 Å². The molecule has 1 aromatic heterocycles. The van der Waals surface area contributed by atoms with Crippen molar-refractivity contribution in [2.45, 2.75) is 26.4 Å². The second-order valence-electron chi connectivity index (χ2n) is 4.29. The zero-order valence-electron chi connectivity index (χ0n) is 11.4. The van der Waals surface area contributed by atoms with Crippen LogP contribution < -0.4 is 14.8 Å². The van der Waals surface area contributed by atoms with Crippen molar-refractivity contribution in [1.82, 2.24) is 10.3 Å². The van der Waals surface area contributed by atoms with E-state index in [9.17, 15) is 0 Å². The monoisotopic (exact) mass is 316 g/mol. The molecular weight excluding hydrogens is 296 g/mol. The maximum Gasteiger partial charge on any atom is 0.183 e. The molecule has 0 aromatic carbocycles. The number of rotatable bonds is 7. The van der Waals surface area contributed by atoms with Crippen molar-refractivity contribution in [3.05, 3.63) is 18.0 Å². The summed E-state index contributed by atoms with van der Waals surface area (Å²) in [5, 5.41) is 4.42. The van der Waals surface area contributed by atoms with Crippen LogP contribution in [0.1, 0.15) is 19.5 Å². The van der Waals surface area contributed by atoms with Crippen molar-refractivity contribution < 1.29 is 9.47 Å². The first-order chi connectivity index (χ1) is 8.63. The number of nitrogens with one attached hydrogen (secondary N) is 1. The summed E-state index contributed by atoms with van der Waals surface area (Å²) in [6, 6.07) is 2.20. The fourth-order valence-electron chi connectivity index (χ4n) is 1.57. The Bertz CT molecular complexity index is 374. The minimum atomic E-state index is 0.405. The number of halogens is 1. The molecule has 2 atom stereocenters. The summed E-state index contributed by atoms with van der Waals surface area (Å²) in [5.74, 6) is 1.97. The van der Waals surface area contributed by atoms with Gasteiger partial charge in [0.05, 0.1) is 19.9 Å². The highest BCUT2D eigenvalue weighted by atomic mass is 79.9. The first kappa shape index (κ1) is 15.2. The standard InChI is InChI=1S/C13H21BrN2O2/c1-9(7-14)10(2)16-8-11-13(18-4)12(17-3)5-6-15-11/h5-6,9-10,16H,7-8H2,1-4H3. The number of ether oxygens (including phenoxy) is 2. The molecule has 18 heavy (non-hydrogen) atoms. The van der Waals surface area contributed by atoms with Gasteiger partial charge in [0.15, 0.2) is 11.5 Å². The fourth-order valence-corrected chi connectivity index (χ4v) is 2.13. The molecule has 1 aromatic rings. The quantitative estimate of drug-likeness (QED) is 0.785. The van der Waals surface area contributed by atoms with Gasteiger partial charge in [-0.2, -0.15) is 0 Å². The maximum atomic E-state index is 5.35. The Morgan fingerprint density at radius 2 is 2.06 bits per heavy atom. The van der Waals surface area contributed by atoms with Gasteiger partial charge < -0.3 is 14.8 Å². The highest BCUT2D eigenvalue weighted by Gasteiger charge is 2.14. The van der Waals surface area contributed by atoms with E-state index in [0.29, 0.717) is 30.0 Å². The SMILES string of the molecule is COc1ccnc(CNC(C)C(C)CBr)c1OC. The number of alkyl halides is 1. The van der Waals surface area contributed by atoms with Crippen molar-refractivity contribution in [3.63, 3.8) is 0 Å². The Balaban J connectivity index is 2.72. The van der Waals surface area contributed by atoms with Gasteiger partial charge in [-0.1, -0.05) is 22.9 Å². The topological polar surface area (TPSA) is 43.4 Å². The van der Waals surface area contributed by atoms with Crippen LogP contribution in [-0.4, -0.2) is 30.6 Å². The Labute approximate surface area is 117 Å². The van der Waals surface area contributed by atoms with Gasteiger partial charge in [-0.05, 0) is 12.8 Å². The highest BCUT2D eigenvalue weighted by molar-refractivity contribution is 9.09. The molecule has 0 spiro atoms. The third-order valence-corrected chi connectivity index (χ3v) is 4.08. The van der Waals surface area contributed by atoms with Crippen LogP contribution in [-0.2, 0) is 6.54 Å². The average Bonchev–Trinajstić information content (AvgIpc) is 2.42. The molecule has 5 heteroatoms. The average molecular weight is 317 g/mol. The number of aromatic nitrogens is 1. The molecule has 0 aliphatic carbocycles. The van der Waals surface area contributed by atoms with Crippen LogP contribution in [0.5, 0.6) is 11.5 Å². The van der Waals surface area contributed by atoms with Crippen molar-refractivity contribution in [3.8, 4) is 11.5 Å². The van der Waals surface area contributed by atoms with E-state index in [1.54, 1.807) is 26.5 Å². The Morgan fingerprint density at radius 3 is 2.61 bits per heavy atom. The molecule has 0 saturated carbocycles. The predicted molar refractivity (Wildman–Crippen MR) is 76.6 cm³/mol. The summed E-state index contributed by atoms with van der Waals surface area (Å²) < 4.78 is 10.6. The molecule has 0 aliphatic rings. The smallest absolute Gasteiger partial charge is 0.183 e. The lowest BCUT2D eigenvalue weighted by molar-refractivity contribution is 0.345. The molecule has 0 aliphatic heterocycles. The number of methoxy groups -OCH3 is 2. The van der Waals surface area contributed by atoms with Crippen LogP contribution in [0.3, 0.4) is 0 Å². The zero-order valence-corrected chi connectivity index (χ0v) is 13.0. The largest absolute Gasteiger partial charge is 0.493 e. The Hall–Kier alpha value is -0.810. The van der Waals surface area contributed by atoms with Gasteiger partial charge in [0.2, 0.25) is 0 Å². The molecule has 0 radical (unpaired) electrons. The molecule has 0 saturated heterocycles. The van der Waals surface area contributed by atoms with Crippen LogP contribution >= 0.6 is 15.9 Å². The van der Waals surface area contributed by atoms with Crippen molar-refractivity contribution in [2.75, 3.05) is 19.5 Å². The summed E-state index contributed by atoms with van der Waals surface area (Å²) in [4.78, 5) is 4.34. The number of nitrogens with zero attached hydrogens (tertiary/aromatic N) is 1. The van der Waals surface area contributed by atoms with Gasteiger partial charge in [0.1, 0.15) is 0 Å². The van der Waals surface area contributed by atoms with E-state index >= 15 is 0 Å². The lowest BCUT2D eigenvalue weighted by Crippen LogP contribution is -2.32. The van der Waals surface area contributed by atoms with E-state index in [1.165, 1.54) is 0 Å². The molecule has 102 valence electrons. The zero-order chi connectivity index (χ0) is 13.5. The van der Waals surface area contributed by atoms with Crippen LogP contribution in [0.15, 0.2) is 12.3 Å². The molecule has 4 nitrogen and oxygen atoms in total. The van der Waals surface area contributed by atoms with E-state index in [0.717, 1.165) is 11.0 Å². The lowest BCUT2D eigenvalue weighted by Gasteiger charge is -2.20. The third kappa shape index (κ3) is 3.85. The van der Waals surface area contributed by atoms with E-state index < -0.39 is 0 Å². The molecule has 2 unspecified atom stereocenters. The molecule has 0 bridgehead atoms. The summed E-state index contributed by atoms with van der Waals surface area (Å²) >= 11 is 3.49. The second kappa shape index (κ2) is 7.59. The Kier molecular flexibility index (Phi) is 6.43. The first-order valence-corrected chi connectivity index (χ1v) is 7.11. The van der Waals surface area contributed by atoms with Gasteiger partial charge in [0, 0.05) is 30.2 Å². The minimum Gasteiger partial charge on any atom is -0.493 e. The molecule has 1 rings (SSSR count). The third-order valence-electron chi connectivity index (χ3n) is 3.05. The fraction of sp³-hybridized carbons (Fsp3) is 0.615. The van der Waals surface area contributed by atoms with Gasteiger partial charge >= 0.3 is 0 Å². The molecule has 1 N–H and O–H groups in total. The summed E-state index contributed by atoms with van der Waals surface area (Å²) in [5.41, 5.74) is 0.866. The van der Waals surface area contributed by atoms with Gasteiger partial charge in [-0.15, -0.1) is 0 Å². The van der Waals surface area contributed by atoms with Gasteiger partial charge in [0.25, 0.3) is 0 Å². The number of hydrogen-bond acceptors (Lipinski definition) is 4. The summed E-state index contributed by atoms with van der Waals surface area (Å²) in [6.45, 7) is 5.03. The molecular formula is C13H21BrN2O2. The maximum absolute atomic E-state index is 5.35. The van der Waals surface area contributed by atoms with Gasteiger partial charge in [-0.3, -0.25) is 4.98 Å². The first-order valence-electron chi connectivity index (χ1n) is 5.99. The van der Waals surface area contributed by atoms with Gasteiger partial charge in [-0.25, -0.2) is 0 Å².